The molecule has 1 N–H and O–H groups in total. The van der Waals surface area contributed by atoms with Gasteiger partial charge in [-0.3, -0.25) is 0 Å². The molecule has 0 saturated carbocycles. The van der Waals surface area contributed by atoms with Crippen molar-refractivity contribution >= 4 is 65.9 Å². The van der Waals surface area contributed by atoms with Crippen molar-refractivity contribution in [2.45, 2.75) is 0 Å². The third kappa shape index (κ3) is 4.59. The van der Waals surface area contributed by atoms with Crippen LogP contribution < -0.4 is 5.32 Å². The molecule has 3 heteroatoms. The summed E-state index contributed by atoms with van der Waals surface area (Å²) in [5.41, 5.74) is 12.0. The van der Waals surface area contributed by atoms with E-state index in [1.165, 1.54) is 38.2 Å². The van der Waals surface area contributed by atoms with Crippen molar-refractivity contribution in [2.75, 3.05) is 5.32 Å². The van der Waals surface area contributed by atoms with Gasteiger partial charge < -0.3 is 14.3 Å². The van der Waals surface area contributed by atoms with Gasteiger partial charge in [0.15, 0.2) is 0 Å². The fourth-order valence-electron chi connectivity index (χ4n) is 7.38. The molecule has 10 rings (SSSR count). The zero-order valence-corrected chi connectivity index (χ0v) is 26.6. The van der Waals surface area contributed by atoms with E-state index in [0.717, 1.165) is 55.6 Å². The molecule has 0 fully saturated rings. The normalized spacial score (nSPS) is 11.7. The van der Waals surface area contributed by atoms with Crippen molar-refractivity contribution in [3.05, 3.63) is 176 Å². The van der Waals surface area contributed by atoms with Crippen LogP contribution in [0.15, 0.2) is 180 Å². The highest BCUT2D eigenvalue weighted by Gasteiger charge is 2.18. The Morgan fingerprint density at radius 3 is 2.00 bits per heavy atom. The molecule has 0 radical (unpaired) electrons. The molecule has 0 aliphatic carbocycles. The van der Waals surface area contributed by atoms with Gasteiger partial charge in [0.2, 0.25) is 0 Å². The van der Waals surface area contributed by atoms with Gasteiger partial charge in [-0.1, -0.05) is 109 Å². The largest absolute Gasteiger partial charge is 0.456 e. The molecule has 0 unspecified atom stereocenters. The van der Waals surface area contributed by atoms with E-state index < -0.39 is 0 Å². The molecule has 0 aliphatic heterocycles. The number of hydrogen-bond acceptors (Lipinski definition) is 2. The number of rotatable bonds is 5. The van der Waals surface area contributed by atoms with Crippen LogP contribution in [0.1, 0.15) is 0 Å². The molecule has 2 aromatic heterocycles. The molecule has 8 aromatic carbocycles. The average molecular weight is 627 g/mol. The molecule has 0 aliphatic rings. The summed E-state index contributed by atoms with van der Waals surface area (Å²) in [6.07, 6.45) is 0. The summed E-state index contributed by atoms with van der Waals surface area (Å²) in [4.78, 5) is 0. The van der Waals surface area contributed by atoms with Crippen molar-refractivity contribution < 1.29 is 4.42 Å². The van der Waals surface area contributed by atoms with Crippen LogP contribution in [-0.2, 0) is 0 Å². The number of nitrogens with one attached hydrogen (secondary N) is 1. The van der Waals surface area contributed by atoms with Gasteiger partial charge in [0.05, 0.1) is 11.0 Å². The topological polar surface area (TPSA) is 30.1 Å². The quantitative estimate of drug-likeness (QED) is 0.206. The number of para-hydroxylation sites is 2. The van der Waals surface area contributed by atoms with Gasteiger partial charge in [0.1, 0.15) is 11.2 Å². The maximum absolute atomic E-state index is 6.40. The summed E-state index contributed by atoms with van der Waals surface area (Å²) >= 11 is 0. The minimum Gasteiger partial charge on any atom is -0.456 e. The third-order valence-electron chi connectivity index (χ3n) is 9.75. The first-order chi connectivity index (χ1) is 24.3. The number of anilines is 2. The van der Waals surface area contributed by atoms with E-state index in [4.69, 9.17) is 4.42 Å². The molecule has 3 nitrogen and oxygen atoms in total. The van der Waals surface area contributed by atoms with Gasteiger partial charge in [-0.2, -0.15) is 0 Å². The van der Waals surface area contributed by atoms with Crippen LogP contribution in [-0.4, -0.2) is 4.57 Å². The van der Waals surface area contributed by atoms with Crippen molar-refractivity contribution in [1.82, 2.24) is 4.57 Å². The van der Waals surface area contributed by atoms with Crippen molar-refractivity contribution in [1.29, 1.82) is 0 Å². The second-order valence-corrected chi connectivity index (χ2v) is 12.7. The molecule has 0 spiro atoms. The molecule has 10 aromatic rings. The molecule has 0 bridgehead atoms. The van der Waals surface area contributed by atoms with Crippen molar-refractivity contribution in [3.8, 4) is 27.9 Å². The van der Waals surface area contributed by atoms with E-state index in [0.29, 0.717) is 0 Å². The fraction of sp³-hybridized carbons (Fsp3) is 0. The molecule has 0 atom stereocenters. The van der Waals surface area contributed by atoms with Crippen LogP contribution >= 0.6 is 0 Å². The Labute approximate surface area is 283 Å². The maximum atomic E-state index is 6.40. The Morgan fingerprint density at radius 2 is 1.12 bits per heavy atom. The van der Waals surface area contributed by atoms with Crippen molar-refractivity contribution in [2.24, 2.45) is 0 Å². The highest BCUT2D eigenvalue weighted by molar-refractivity contribution is 6.18. The second kappa shape index (κ2) is 11.0. The smallest absolute Gasteiger partial charge is 0.137 e. The van der Waals surface area contributed by atoms with Crippen LogP contribution in [0.4, 0.5) is 11.4 Å². The third-order valence-corrected chi connectivity index (χ3v) is 9.75. The van der Waals surface area contributed by atoms with Gasteiger partial charge in [-0.25, -0.2) is 0 Å². The van der Waals surface area contributed by atoms with Crippen molar-refractivity contribution in [3.63, 3.8) is 0 Å². The fourth-order valence-corrected chi connectivity index (χ4v) is 7.38. The number of nitrogens with zero attached hydrogens (tertiary/aromatic N) is 1. The summed E-state index contributed by atoms with van der Waals surface area (Å²) in [5.74, 6) is 0. The first-order valence-electron chi connectivity index (χ1n) is 16.7. The van der Waals surface area contributed by atoms with E-state index in [-0.39, 0.29) is 0 Å². The predicted molar refractivity (Wildman–Crippen MR) is 206 cm³/mol. The van der Waals surface area contributed by atoms with E-state index in [2.05, 4.69) is 168 Å². The van der Waals surface area contributed by atoms with Gasteiger partial charge >= 0.3 is 0 Å². The van der Waals surface area contributed by atoms with Gasteiger partial charge in [-0.15, -0.1) is 0 Å². The predicted octanol–water partition coefficient (Wildman–Crippen LogP) is 12.9. The summed E-state index contributed by atoms with van der Waals surface area (Å²) in [6, 6.07) is 62.7. The monoisotopic (exact) mass is 626 g/mol. The maximum Gasteiger partial charge on any atom is 0.137 e. The molecular formula is C46H30N2O. The van der Waals surface area contributed by atoms with E-state index in [1.807, 2.05) is 18.2 Å². The van der Waals surface area contributed by atoms with Gasteiger partial charge in [-0.05, 0) is 88.1 Å². The molecular weight excluding hydrogens is 597 g/mol. The van der Waals surface area contributed by atoms with Gasteiger partial charge in [0.25, 0.3) is 0 Å². The molecule has 2 heterocycles. The molecule has 0 saturated heterocycles. The van der Waals surface area contributed by atoms with E-state index in [9.17, 15) is 0 Å². The average Bonchev–Trinajstić information content (AvgIpc) is 3.69. The highest BCUT2D eigenvalue weighted by Crippen LogP contribution is 2.41. The van der Waals surface area contributed by atoms with Crippen LogP contribution in [0.25, 0.3) is 82.5 Å². The Bertz CT molecular complexity index is 2840. The van der Waals surface area contributed by atoms with E-state index >= 15 is 0 Å². The van der Waals surface area contributed by atoms with Crippen LogP contribution in [0.3, 0.4) is 0 Å². The molecule has 230 valence electrons. The first-order valence-corrected chi connectivity index (χ1v) is 16.7. The Morgan fingerprint density at radius 1 is 0.408 bits per heavy atom. The minimum atomic E-state index is 0.896. The number of hydrogen-bond donors (Lipinski definition) is 1. The standard InChI is InChI=1S/C46H30N2O/c1-3-12-31(13-4-1)38-26-33(20-23-42(38)47-35-15-5-2-6-16-35)34-21-24-43-39(27-34)40-28-41-37-17-9-10-18-45(37)49-46(41)29-44(40)48(43)36-22-19-30-11-7-8-14-32(30)25-36/h1-29,47H. The lowest BCUT2D eigenvalue weighted by molar-refractivity contribution is 0.669. The Kier molecular flexibility index (Phi) is 6.18. The lowest BCUT2D eigenvalue weighted by Crippen LogP contribution is -1.95. The summed E-state index contributed by atoms with van der Waals surface area (Å²) in [6.45, 7) is 0. The van der Waals surface area contributed by atoms with Crippen LogP contribution in [0, 0.1) is 0 Å². The zero-order valence-electron chi connectivity index (χ0n) is 26.6. The number of aromatic nitrogens is 1. The van der Waals surface area contributed by atoms with E-state index in [1.54, 1.807) is 0 Å². The van der Waals surface area contributed by atoms with Crippen LogP contribution in [0.2, 0.25) is 0 Å². The second-order valence-electron chi connectivity index (χ2n) is 12.7. The highest BCUT2D eigenvalue weighted by atomic mass is 16.3. The summed E-state index contributed by atoms with van der Waals surface area (Å²) in [5, 5.41) is 10.8. The summed E-state index contributed by atoms with van der Waals surface area (Å²) in [7, 11) is 0. The first kappa shape index (κ1) is 27.5. The Hall–Kier alpha value is -6.58. The lowest BCUT2D eigenvalue weighted by atomic mass is 9.96. The number of benzene rings is 8. The molecule has 0 amide bonds. The molecule has 49 heavy (non-hydrogen) atoms. The number of furan rings is 1. The SMILES string of the molecule is c1ccc(Nc2ccc(-c3ccc4c(c3)c3cc5c(cc3n4-c3ccc4ccccc4c3)oc3ccccc35)cc2-c2ccccc2)cc1. The lowest BCUT2D eigenvalue weighted by Gasteiger charge is -2.15. The summed E-state index contributed by atoms with van der Waals surface area (Å²) < 4.78 is 8.79. The van der Waals surface area contributed by atoms with Crippen LogP contribution in [0.5, 0.6) is 0 Å². The minimum absolute atomic E-state index is 0.896. The van der Waals surface area contributed by atoms with Gasteiger partial charge in [0, 0.05) is 50.2 Å². The zero-order chi connectivity index (χ0) is 32.3. The number of fused-ring (bicyclic) bond motifs is 7. The Balaban J connectivity index is 1.20.